The summed E-state index contributed by atoms with van der Waals surface area (Å²) in [5, 5.41) is 18.9. The molecule has 0 rings (SSSR count). The van der Waals surface area contributed by atoms with Crippen LogP contribution in [0, 0.1) is 0 Å². The molecule has 0 aliphatic heterocycles. The molecule has 1 unspecified atom stereocenters. The number of aliphatic carboxylic acids is 1. The van der Waals surface area contributed by atoms with Gasteiger partial charge in [-0.1, -0.05) is 0 Å². The highest BCUT2D eigenvalue weighted by atomic mass is 16.5. The van der Waals surface area contributed by atoms with Crippen molar-refractivity contribution in [2.24, 2.45) is 0 Å². The lowest BCUT2D eigenvalue weighted by molar-refractivity contribution is -0.305. The highest BCUT2D eigenvalue weighted by Gasteiger charge is 2.03. The van der Waals surface area contributed by atoms with E-state index in [1.807, 2.05) is 0 Å². The van der Waals surface area contributed by atoms with Crippen LogP contribution >= 0.6 is 0 Å². The van der Waals surface area contributed by atoms with E-state index in [2.05, 4.69) is 0 Å². The molecule has 5 nitrogen and oxygen atoms in total. The Morgan fingerprint density at radius 2 is 1.93 bits per heavy atom. The van der Waals surface area contributed by atoms with Gasteiger partial charge in [0.25, 0.3) is 0 Å². The van der Waals surface area contributed by atoms with Crippen LogP contribution in [-0.4, -0.2) is 29.8 Å². The highest BCUT2D eigenvalue weighted by Crippen LogP contribution is 2.01. The molecule has 0 saturated heterocycles. The first-order valence-corrected chi connectivity index (χ1v) is 5.06. The molecular weight excluding hydrogens is 200 g/mol. The SMILES string of the molecule is CC(O)CCOC(=O)CCCCC(=O)[O-]. The van der Waals surface area contributed by atoms with Crippen LogP contribution in [0.5, 0.6) is 0 Å². The van der Waals surface area contributed by atoms with Gasteiger partial charge in [0.1, 0.15) is 0 Å². The molecule has 0 aromatic carbocycles. The molecule has 0 bridgehead atoms. The molecule has 0 heterocycles. The van der Waals surface area contributed by atoms with Gasteiger partial charge in [0.15, 0.2) is 0 Å². The number of unbranched alkanes of at least 4 members (excludes halogenated alkanes) is 1. The minimum atomic E-state index is -1.10. The summed E-state index contributed by atoms with van der Waals surface area (Å²) in [6.45, 7) is 1.82. The Labute approximate surface area is 89.0 Å². The van der Waals surface area contributed by atoms with Gasteiger partial charge in [-0.3, -0.25) is 4.79 Å². The number of hydrogen-bond acceptors (Lipinski definition) is 5. The fraction of sp³-hybridized carbons (Fsp3) is 0.800. The number of aliphatic hydroxyl groups is 1. The average molecular weight is 217 g/mol. The monoisotopic (exact) mass is 217 g/mol. The molecule has 0 spiro atoms. The van der Waals surface area contributed by atoms with Gasteiger partial charge in [0.2, 0.25) is 0 Å². The summed E-state index contributed by atoms with van der Waals surface area (Å²) in [5.74, 6) is -1.45. The van der Waals surface area contributed by atoms with E-state index in [9.17, 15) is 14.7 Å². The smallest absolute Gasteiger partial charge is 0.305 e. The molecule has 0 aromatic rings. The zero-order chi connectivity index (χ0) is 11.7. The first-order valence-electron chi connectivity index (χ1n) is 5.06. The Morgan fingerprint density at radius 1 is 1.33 bits per heavy atom. The predicted octanol–water partition coefficient (Wildman–Crippen LogP) is -0.389. The normalized spacial score (nSPS) is 12.1. The summed E-state index contributed by atoms with van der Waals surface area (Å²) in [6.07, 6.45) is 1.05. The third kappa shape index (κ3) is 10.8. The summed E-state index contributed by atoms with van der Waals surface area (Å²) < 4.78 is 4.80. The molecule has 0 radical (unpaired) electrons. The molecule has 15 heavy (non-hydrogen) atoms. The van der Waals surface area contributed by atoms with E-state index in [4.69, 9.17) is 9.84 Å². The summed E-state index contributed by atoms with van der Waals surface area (Å²) in [6, 6.07) is 0. The van der Waals surface area contributed by atoms with Crippen molar-refractivity contribution in [3.05, 3.63) is 0 Å². The van der Waals surface area contributed by atoms with Crippen molar-refractivity contribution in [2.45, 2.75) is 45.1 Å². The minimum absolute atomic E-state index is 0.0268. The largest absolute Gasteiger partial charge is 0.550 e. The van der Waals surface area contributed by atoms with Crippen LogP contribution in [0.15, 0.2) is 0 Å². The Hall–Kier alpha value is -1.10. The van der Waals surface area contributed by atoms with Crippen LogP contribution in [0.25, 0.3) is 0 Å². The Kier molecular flexibility index (Phi) is 7.62. The second kappa shape index (κ2) is 8.23. The molecule has 0 saturated carbocycles. The highest BCUT2D eigenvalue weighted by molar-refractivity contribution is 5.69. The first kappa shape index (κ1) is 13.9. The van der Waals surface area contributed by atoms with Crippen LogP contribution in [0.1, 0.15) is 39.0 Å². The standard InChI is InChI=1S/C10H18O5/c1-8(11)6-7-15-10(14)5-3-2-4-9(12)13/h8,11H,2-7H2,1H3,(H,12,13)/p-1. The molecule has 5 heteroatoms. The third-order valence-corrected chi connectivity index (χ3v) is 1.81. The molecule has 0 amide bonds. The Bertz CT molecular complexity index is 200. The lowest BCUT2D eigenvalue weighted by Crippen LogP contribution is -2.21. The van der Waals surface area contributed by atoms with Crippen LogP contribution in [0.2, 0.25) is 0 Å². The second-order valence-corrected chi connectivity index (χ2v) is 3.44. The minimum Gasteiger partial charge on any atom is -0.550 e. The Morgan fingerprint density at radius 3 is 2.47 bits per heavy atom. The van der Waals surface area contributed by atoms with Crippen molar-refractivity contribution < 1.29 is 24.5 Å². The van der Waals surface area contributed by atoms with Gasteiger partial charge in [-0.05, 0) is 26.2 Å². The molecule has 0 aliphatic carbocycles. The number of ether oxygens (including phenoxy) is 1. The molecule has 0 aromatic heterocycles. The average Bonchev–Trinajstić information content (AvgIpc) is 2.11. The number of hydrogen-bond donors (Lipinski definition) is 1. The lowest BCUT2D eigenvalue weighted by Gasteiger charge is -2.06. The topological polar surface area (TPSA) is 86.7 Å². The number of rotatable bonds is 8. The lowest BCUT2D eigenvalue weighted by atomic mass is 10.2. The molecule has 1 atom stereocenters. The fourth-order valence-corrected chi connectivity index (χ4v) is 0.954. The maximum Gasteiger partial charge on any atom is 0.305 e. The van der Waals surface area contributed by atoms with Gasteiger partial charge in [0, 0.05) is 18.8 Å². The van der Waals surface area contributed by atoms with Crippen molar-refractivity contribution in [3.63, 3.8) is 0 Å². The van der Waals surface area contributed by atoms with Crippen molar-refractivity contribution >= 4 is 11.9 Å². The number of esters is 1. The number of aliphatic hydroxyl groups excluding tert-OH is 1. The zero-order valence-corrected chi connectivity index (χ0v) is 8.90. The number of carbonyl (C=O) groups is 2. The quantitative estimate of drug-likeness (QED) is 0.442. The van der Waals surface area contributed by atoms with Gasteiger partial charge in [-0.25, -0.2) is 0 Å². The molecule has 88 valence electrons. The molecule has 1 N–H and O–H groups in total. The van der Waals surface area contributed by atoms with Crippen LogP contribution in [-0.2, 0) is 14.3 Å². The third-order valence-electron chi connectivity index (χ3n) is 1.81. The van der Waals surface area contributed by atoms with E-state index in [0.29, 0.717) is 19.3 Å². The van der Waals surface area contributed by atoms with Crippen molar-refractivity contribution in [1.29, 1.82) is 0 Å². The van der Waals surface area contributed by atoms with Gasteiger partial charge in [-0.15, -0.1) is 0 Å². The molecular formula is C10H17O5-. The summed E-state index contributed by atoms with van der Waals surface area (Å²) >= 11 is 0. The van der Waals surface area contributed by atoms with Gasteiger partial charge in [0.05, 0.1) is 12.7 Å². The van der Waals surface area contributed by atoms with E-state index >= 15 is 0 Å². The predicted molar refractivity (Wildman–Crippen MR) is 50.7 cm³/mol. The fourth-order valence-electron chi connectivity index (χ4n) is 0.954. The van der Waals surface area contributed by atoms with Crippen molar-refractivity contribution in [2.75, 3.05) is 6.61 Å². The molecule has 0 fully saturated rings. The summed E-state index contributed by atoms with van der Waals surface area (Å²) in [5.41, 5.74) is 0. The number of carboxylic acids is 1. The maximum atomic E-state index is 11.0. The van der Waals surface area contributed by atoms with Crippen molar-refractivity contribution in [3.8, 4) is 0 Å². The van der Waals surface area contributed by atoms with Crippen LogP contribution < -0.4 is 5.11 Å². The van der Waals surface area contributed by atoms with E-state index in [0.717, 1.165) is 0 Å². The first-order chi connectivity index (χ1) is 7.02. The molecule has 0 aliphatic rings. The number of carbonyl (C=O) groups excluding carboxylic acids is 2. The number of carboxylic acid groups (broad SMARTS) is 1. The summed E-state index contributed by atoms with van der Waals surface area (Å²) in [4.78, 5) is 21.0. The maximum absolute atomic E-state index is 11.0. The van der Waals surface area contributed by atoms with E-state index in [-0.39, 0.29) is 25.4 Å². The van der Waals surface area contributed by atoms with Gasteiger partial charge in [-0.2, -0.15) is 0 Å². The van der Waals surface area contributed by atoms with Gasteiger partial charge >= 0.3 is 5.97 Å². The van der Waals surface area contributed by atoms with Crippen LogP contribution in [0.4, 0.5) is 0 Å². The summed E-state index contributed by atoms with van der Waals surface area (Å²) in [7, 11) is 0. The second-order valence-electron chi connectivity index (χ2n) is 3.44. The zero-order valence-electron chi connectivity index (χ0n) is 8.90. The van der Waals surface area contributed by atoms with E-state index < -0.39 is 12.1 Å². The van der Waals surface area contributed by atoms with E-state index in [1.54, 1.807) is 6.92 Å². The Balaban J connectivity index is 3.30. The van der Waals surface area contributed by atoms with Gasteiger partial charge < -0.3 is 19.7 Å². The van der Waals surface area contributed by atoms with Crippen LogP contribution in [0.3, 0.4) is 0 Å². The van der Waals surface area contributed by atoms with Crippen molar-refractivity contribution in [1.82, 2.24) is 0 Å². The van der Waals surface area contributed by atoms with E-state index in [1.165, 1.54) is 0 Å².